The lowest BCUT2D eigenvalue weighted by atomic mass is 9.85. The number of anilines is 1. The minimum Gasteiger partial charge on any atom is -0.371 e. The van der Waals surface area contributed by atoms with Crippen LogP contribution in [-0.2, 0) is 6.54 Å². The first-order valence-electron chi connectivity index (χ1n) is 8.34. The van der Waals surface area contributed by atoms with Crippen molar-refractivity contribution in [3.8, 4) is 0 Å². The molecule has 0 atom stereocenters. The Balaban J connectivity index is 2.07. The highest BCUT2D eigenvalue weighted by molar-refractivity contribution is 9.10. The summed E-state index contributed by atoms with van der Waals surface area (Å²) >= 11 is 3.62. The van der Waals surface area contributed by atoms with Crippen molar-refractivity contribution in [2.45, 2.75) is 46.6 Å². The molecule has 118 valence electrons. The van der Waals surface area contributed by atoms with Gasteiger partial charge in [-0.1, -0.05) is 36.2 Å². The van der Waals surface area contributed by atoms with Crippen LogP contribution in [0.25, 0.3) is 0 Å². The lowest BCUT2D eigenvalue weighted by Crippen LogP contribution is -2.33. The van der Waals surface area contributed by atoms with Crippen LogP contribution in [-0.4, -0.2) is 19.6 Å². The first kappa shape index (κ1) is 16.8. The minimum absolute atomic E-state index is 0.692. The highest BCUT2D eigenvalue weighted by Gasteiger charge is 2.21. The van der Waals surface area contributed by atoms with E-state index < -0.39 is 0 Å². The third-order valence-electron chi connectivity index (χ3n) is 4.34. The monoisotopic (exact) mass is 352 g/mol. The van der Waals surface area contributed by atoms with E-state index in [1.54, 1.807) is 0 Å². The Morgan fingerprint density at radius 1 is 1.33 bits per heavy atom. The van der Waals surface area contributed by atoms with Crippen molar-refractivity contribution in [1.29, 1.82) is 0 Å². The van der Waals surface area contributed by atoms with E-state index >= 15 is 0 Å². The second-order valence-electron chi connectivity index (χ2n) is 6.63. The van der Waals surface area contributed by atoms with Gasteiger partial charge in [0, 0.05) is 29.8 Å². The predicted molar refractivity (Wildman–Crippen MR) is 95.9 cm³/mol. The summed E-state index contributed by atoms with van der Waals surface area (Å²) in [5, 5.41) is 3.58. The third-order valence-corrected chi connectivity index (χ3v) is 4.83. The van der Waals surface area contributed by atoms with Gasteiger partial charge in [-0.25, -0.2) is 0 Å². The molecule has 1 aromatic rings. The minimum atomic E-state index is 0.692. The Labute approximate surface area is 138 Å². The molecular weight excluding hydrogens is 324 g/mol. The van der Waals surface area contributed by atoms with Crippen molar-refractivity contribution in [3.63, 3.8) is 0 Å². The van der Waals surface area contributed by atoms with Crippen LogP contribution in [0.4, 0.5) is 5.69 Å². The second-order valence-corrected chi connectivity index (χ2v) is 7.55. The molecule has 0 aliphatic heterocycles. The molecule has 1 fully saturated rings. The largest absolute Gasteiger partial charge is 0.371 e. The highest BCUT2D eigenvalue weighted by Crippen LogP contribution is 2.31. The van der Waals surface area contributed by atoms with Gasteiger partial charge in [0.15, 0.2) is 0 Å². The zero-order valence-corrected chi connectivity index (χ0v) is 15.2. The third kappa shape index (κ3) is 5.00. The van der Waals surface area contributed by atoms with Crippen molar-refractivity contribution in [3.05, 3.63) is 28.2 Å². The number of nitrogens with one attached hydrogen (secondary N) is 1. The standard InChI is InChI=1S/C18H29BrN2/c1-4-21(13-15-6-5-7-15)18-9-8-17(19)10-16(18)12-20-11-14(2)3/h8-10,14-15,20H,4-7,11-13H2,1-3H3. The number of hydrogen-bond acceptors (Lipinski definition) is 2. The van der Waals surface area contributed by atoms with E-state index in [1.807, 2.05) is 0 Å². The fraction of sp³-hybridized carbons (Fsp3) is 0.667. The summed E-state index contributed by atoms with van der Waals surface area (Å²) < 4.78 is 1.17. The summed E-state index contributed by atoms with van der Waals surface area (Å²) in [6, 6.07) is 6.72. The van der Waals surface area contributed by atoms with E-state index in [-0.39, 0.29) is 0 Å². The first-order chi connectivity index (χ1) is 10.1. The van der Waals surface area contributed by atoms with Gasteiger partial charge in [0.2, 0.25) is 0 Å². The Morgan fingerprint density at radius 3 is 2.67 bits per heavy atom. The predicted octanol–water partition coefficient (Wildman–Crippen LogP) is 4.82. The van der Waals surface area contributed by atoms with Crippen LogP contribution in [0.1, 0.15) is 45.6 Å². The van der Waals surface area contributed by atoms with Gasteiger partial charge in [0.25, 0.3) is 0 Å². The molecule has 1 N–H and O–H groups in total. The van der Waals surface area contributed by atoms with Gasteiger partial charge in [-0.3, -0.25) is 0 Å². The van der Waals surface area contributed by atoms with Crippen LogP contribution >= 0.6 is 15.9 Å². The Morgan fingerprint density at radius 2 is 2.10 bits per heavy atom. The van der Waals surface area contributed by atoms with Crippen molar-refractivity contribution in [2.24, 2.45) is 11.8 Å². The zero-order valence-electron chi connectivity index (χ0n) is 13.7. The number of benzene rings is 1. The lowest BCUT2D eigenvalue weighted by Gasteiger charge is -2.34. The van der Waals surface area contributed by atoms with Gasteiger partial charge in [0.05, 0.1) is 0 Å². The van der Waals surface area contributed by atoms with Crippen molar-refractivity contribution in [1.82, 2.24) is 5.32 Å². The number of rotatable bonds is 8. The van der Waals surface area contributed by atoms with Crippen LogP contribution in [0.5, 0.6) is 0 Å². The van der Waals surface area contributed by atoms with E-state index in [9.17, 15) is 0 Å². The molecule has 1 saturated carbocycles. The quantitative estimate of drug-likeness (QED) is 0.721. The average Bonchev–Trinajstić information content (AvgIpc) is 2.39. The normalized spacial score (nSPS) is 15.3. The van der Waals surface area contributed by atoms with Crippen LogP contribution < -0.4 is 10.2 Å². The van der Waals surface area contributed by atoms with Gasteiger partial charge in [-0.15, -0.1) is 0 Å². The average molecular weight is 353 g/mol. The van der Waals surface area contributed by atoms with Gasteiger partial charge < -0.3 is 10.2 Å². The molecule has 0 saturated heterocycles. The molecule has 0 radical (unpaired) electrons. The maximum Gasteiger partial charge on any atom is 0.0412 e. The molecule has 1 aliphatic carbocycles. The molecule has 0 spiro atoms. The molecule has 0 aromatic heterocycles. The lowest BCUT2D eigenvalue weighted by molar-refractivity contribution is 0.318. The molecule has 0 bridgehead atoms. The topological polar surface area (TPSA) is 15.3 Å². The summed E-state index contributed by atoms with van der Waals surface area (Å²) in [7, 11) is 0. The Bertz CT molecular complexity index is 441. The van der Waals surface area contributed by atoms with Crippen LogP contribution in [0.2, 0.25) is 0 Å². The zero-order chi connectivity index (χ0) is 15.2. The SMILES string of the molecule is CCN(CC1CCC1)c1ccc(Br)cc1CNCC(C)C. The molecule has 2 rings (SSSR count). The molecule has 1 aliphatic rings. The van der Waals surface area contributed by atoms with Crippen molar-refractivity contribution < 1.29 is 0 Å². The van der Waals surface area contributed by atoms with Gasteiger partial charge in [-0.05, 0) is 61.9 Å². The van der Waals surface area contributed by atoms with E-state index in [1.165, 1.54) is 41.5 Å². The first-order valence-corrected chi connectivity index (χ1v) is 9.13. The van der Waals surface area contributed by atoms with Gasteiger partial charge >= 0.3 is 0 Å². The maximum atomic E-state index is 3.62. The molecule has 0 heterocycles. The molecule has 0 amide bonds. The smallest absolute Gasteiger partial charge is 0.0412 e. The van der Waals surface area contributed by atoms with E-state index in [0.29, 0.717) is 5.92 Å². The second kappa shape index (κ2) is 8.19. The number of nitrogens with zero attached hydrogens (tertiary/aromatic N) is 1. The van der Waals surface area contributed by atoms with Crippen LogP contribution in [0.15, 0.2) is 22.7 Å². The summed E-state index contributed by atoms with van der Waals surface area (Å²) in [4.78, 5) is 2.56. The molecule has 1 aromatic carbocycles. The molecule has 21 heavy (non-hydrogen) atoms. The summed E-state index contributed by atoms with van der Waals surface area (Å²) in [6.07, 6.45) is 4.24. The van der Waals surface area contributed by atoms with Crippen molar-refractivity contribution in [2.75, 3.05) is 24.5 Å². The molecule has 2 nitrogen and oxygen atoms in total. The Hall–Kier alpha value is -0.540. The fourth-order valence-corrected chi connectivity index (χ4v) is 3.29. The molecule has 3 heteroatoms. The van der Waals surface area contributed by atoms with Crippen LogP contribution in [0.3, 0.4) is 0 Å². The number of halogens is 1. The number of hydrogen-bond donors (Lipinski definition) is 1. The van der Waals surface area contributed by atoms with Gasteiger partial charge in [-0.2, -0.15) is 0 Å². The molecular formula is C18H29BrN2. The van der Waals surface area contributed by atoms with Crippen LogP contribution in [0, 0.1) is 11.8 Å². The van der Waals surface area contributed by atoms with E-state index in [4.69, 9.17) is 0 Å². The van der Waals surface area contributed by atoms with Gasteiger partial charge in [0.1, 0.15) is 0 Å². The fourth-order valence-electron chi connectivity index (χ4n) is 2.88. The summed E-state index contributed by atoms with van der Waals surface area (Å²) in [6.45, 7) is 11.1. The Kier molecular flexibility index (Phi) is 6.56. The highest BCUT2D eigenvalue weighted by atomic mass is 79.9. The summed E-state index contributed by atoms with van der Waals surface area (Å²) in [5.74, 6) is 1.60. The maximum absolute atomic E-state index is 3.62. The van der Waals surface area contributed by atoms with Crippen molar-refractivity contribution >= 4 is 21.6 Å². The molecule has 0 unspecified atom stereocenters. The van der Waals surface area contributed by atoms with E-state index in [0.717, 1.165) is 25.6 Å². The van der Waals surface area contributed by atoms with E-state index in [2.05, 4.69) is 65.1 Å². The summed E-state index contributed by atoms with van der Waals surface area (Å²) in [5.41, 5.74) is 2.81.